The van der Waals surface area contributed by atoms with Gasteiger partial charge in [0.1, 0.15) is 5.82 Å². The van der Waals surface area contributed by atoms with Gasteiger partial charge in [-0.15, -0.1) is 16.4 Å². The van der Waals surface area contributed by atoms with E-state index in [0.717, 1.165) is 0 Å². The first kappa shape index (κ1) is 11.6. The van der Waals surface area contributed by atoms with Crippen LogP contribution in [0.25, 0.3) is 16.5 Å². The minimum atomic E-state index is -0.465. The number of nitrogen functional groups attached to an aromatic ring is 1. The number of hydrogen-bond acceptors (Lipinski definition) is 7. The summed E-state index contributed by atoms with van der Waals surface area (Å²) < 4.78 is 6.12. The van der Waals surface area contributed by atoms with Crippen molar-refractivity contribution < 1.29 is 9.53 Å². The molecule has 0 saturated heterocycles. The number of carbonyl (C=O) groups excluding carboxylic acids is 1. The topological polar surface area (TPSA) is 95.4 Å². The van der Waals surface area contributed by atoms with Crippen molar-refractivity contribution in [1.29, 1.82) is 0 Å². The summed E-state index contributed by atoms with van der Waals surface area (Å²) in [6.07, 6.45) is 1.68. The van der Waals surface area contributed by atoms with Crippen LogP contribution in [0.4, 0.5) is 5.82 Å². The number of nitrogens with two attached hydrogens (primary N) is 1. The highest BCUT2D eigenvalue weighted by molar-refractivity contribution is 7.13. The maximum Gasteiger partial charge on any atom is 0.338 e. The van der Waals surface area contributed by atoms with Crippen LogP contribution in [-0.2, 0) is 4.74 Å². The second-order valence-corrected chi connectivity index (χ2v) is 4.60. The van der Waals surface area contributed by atoms with E-state index in [1.54, 1.807) is 12.3 Å². The van der Waals surface area contributed by atoms with E-state index in [4.69, 9.17) is 5.73 Å². The van der Waals surface area contributed by atoms with Gasteiger partial charge in [0, 0.05) is 11.6 Å². The molecular formula is C11H9N5O2S. The van der Waals surface area contributed by atoms with Gasteiger partial charge >= 0.3 is 5.97 Å². The zero-order valence-electron chi connectivity index (χ0n) is 9.90. The van der Waals surface area contributed by atoms with Gasteiger partial charge in [-0.25, -0.2) is 14.8 Å². The summed E-state index contributed by atoms with van der Waals surface area (Å²) in [5.41, 5.74) is 6.67. The highest BCUT2D eigenvalue weighted by Gasteiger charge is 2.14. The van der Waals surface area contributed by atoms with Gasteiger partial charge in [0.05, 0.1) is 12.7 Å². The molecule has 0 bridgehead atoms. The molecule has 0 fully saturated rings. The third kappa shape index (κ3) is 1.91. The third-order valence-electron chi connectivity index (χ3n) is 2.51. The minimum Gasteiger partial charge on any atom is -0.465 e. The first-order valence-electron chi connectivity index (χ1n) is 5.33. The predicted molar refractivity (Wildman–Crippen MR) is 69.8 cm³/mol. The highest BCUT2D eigenvalue weighted by atomic mass is 32.1. The standard InChI is InChI=1S/C11H9N5O2S/c1-18-11(17)6-4-7(12)16-8(5-6)14-9(15-16)10-13-2-3-19-10/h2-5H,12H2,1H3. The summed E-state index contributed by atoms with van der Waals surface area (Å²) in [6.45, 7) is 0. The van der Waals surface area contributed by atoms with Crippen LogP contribution in [0.15, 0.2) is 23.7 Å². The Bertz CT molecular complexity index is 750. The van der Waals surface area contributed by atoms with Crippen molar-refractivity contribution in [3.05, 3.63) is 29.3 Å². The molecule has 0 aliphatic rings. The summed E-state index contributed by atoms with van der Waals surface area (Å²) in [5, 5.41) is 6.79. The van der Waals surface area contributed by atoms with E-state index in [2.05, 4.69) is 19.8 Å². The molecule has 3 aromatic rings. The minimum absolute atomic E-state index is 0.313. The fourth-order valence-electron chi connectivity index (χ4n) is 1.67. The monoisotopic (exact) mass is 275 g/mol. The first-order valence-corrected chi connectivity index (χ1v) is 6.21. The normalized spacial score (nSPS) is 10.8. The van der Waals surface area contributed by atoms with Crippen LogP contribution in [0.1, 0.15) is 10.4 Å². The Kier molecular flexibility index (Phi) is 2.64. The maximum absolute atomic E-state index is 11.5. The quantitative estimate of drug-likeness (QED) is 0.706. The Morgan fingerprint density at radius 2 is 2.32 bits per heavy atom. The number of pyridine rings is 1. The third-order valence-corrected chi connectivity index (χ3v) is 3.28. The molecule has 0 spiro atoms. The molecule has 3 aromatic heterocycles. The molecule has 0 saturated carbocycles. The van der Waals surface area contributed by atoms with Gasteiger partial charge in [0.15, 0.2) is 10.7 Å². The maximum atomic E-state index is 11.5. The van der Waals surface area contributed by atoms with Crippen molar-refractivity contribution in [2.24, 2.45) is 0 Å². The molecule has 2 N–H and O–H groups in total. The summed E-state index contributed by atoms with van der Waals surface area (Å²) >= 11 is 1.43. The van der Waals surface area contributed by atoms with Crippen LogP contribution in [0, 0.1) is 0 Å². The van der Waals surface area contributed by atoms with Crippen molar-refractivity contribution in [2.45, 2.75) is 0 Å². The number of nitrogens with zero attached hydrogens (tertiary/aromatic N) is 4. The van der Waals surface area contributed by atoms with E-state index in [0.29, 0.717) is 27.9 Å². The molecule has 19 heavy (non-hydrogen) atoms. The molecule has 0 aliphatic heterocycles. The lowest BCUT2D eigenvalue weighted by molar-refractivity contribution is 0.0601. The van der Waals surface area contributed by atoms with E-state index in [1.165, 1.54) is 29.0 Å². The Morgan fingerprint density at radius 1 is 1.47 bits per heavy atom. The molecule has 0 unspecified atom stereocenters. The van der Waals surface area contributed by atoms with Crippen molar-refractivity contribution in [3.63, 3.8) is 0 Å². The fraction of sp³-hybridized carbons (Fsp3) is 0.0909. The largest absolute Gasteiger partial charge is 0.465 e. The second kappa shape index (κ2) is 4.32. The van der Waals surface area contributed by atoms with Crippen LogP contribution in [0.3, 0.4) is 0 Å². The van der Waals surface area contributed by atoms with Crippen LogP contribution >= 0.6 is 11.3 Å². The number of ether oxygens (including phenoxy) is 1. The van der Waals surface area contributed by atoms with Crippen molar-refractivity contribution in [1.82, 2.24) is 19.6 Å². The molecule has 96 valence electrons. The molecule has 0 radical (unpaired) electrons. The number of carbonyl (C=O) groups is 1. The van der Waals surface area contributed by atoms with E-state index >= 15 is 0 Å². The molecular weight excluding hydrogens is 266 g/mol. The van der Waals surface area contributed by atoms with E-state index in [9.17, 15) is 4.79 Å². The highest BCUT2D eigenvalue weighted by Crippen LogP contribution is 2.21. The molecule has 0 aromatic carbocycles. The van der Waals surface area contributed by atoms with Gasteiger partial charge in [-0.3, -0.25) is 0 Å². The average molecular weight is 275 g/mol. The SMILES string of the molecule is COC(=O)c1cc(N)n2nc(-c3nccs3)nc2c1. The van der Waals surface area contributed by atoms with E-state index in [-0.39, 0.29) is 0 Å². The van der Waals surface area contributed by atoms with Crippen LogP contribution in [0.5, 0.6) is 0 Å². The van der Waals surface area contributed by atoms with Crippen molar-refractivity contribution in [2.75, 3.05) is 12.8 Å². The number of esters is 1. The zero-order valence-corrected chi connectivity index (χ0v) is 10.7. The molecule has 8 heteroatoms. The number of hydrogen-bond donors (Lipinski definition) is 1. The first-order chi connectivity index (χ1) is 9.19. The van der Waals surface area contributed by atoms with Gasteiger partial charge in [0.25, 0.3) is 0 Å². The van der Waals surface area contributed by atoms with Gasteiger partial charge in [-0.1, -0.05) is 0 Å². The molecule has 0 atom stereocenters. The van der Waals surface area contributed by atoms with E-state index in [1.807, 2.05) is 5.38 Å². The van der Waals surface area contributed by atoms with Gasteiger partial charge in [-0.2, -0.15) is 4.52 Å². The summed E-state index contributed by atoms with van der Waals surface area (Å²) in [7, 11) is 1.31. The summed E-state index contributed by atoms with van der Waals surface area (Å²) in [4.78, 5) is 19.9. The number of fused-ring (bicyclic) bond motifs is 1. The fourth-order valence-corrected chi connectivity index (χ4v) is 2.23. The summed E-state index contributed by atoms with van der Waals surface area (Å²) in [5.74, 6) is 0.324. The van der Waals surface area contributed by atoms with Gasteiger partial charge < -0.3 is 10.5 Å². The molecule has 3 rings (SSSR count). The second-order valence-electron chi connectivity index (χ2n) is 3.70. The van der Waals surface area contributed by atoms with E-state index < -0.39 is 5.97 Å². The van der Waals surface area contributed by atoms with Crippen molar-refractivity contribution >= 4 is 28.8 Å². The zero-order chi connectivity index (χ0) is 13.4. The van der Waals surface area contributed by atoms with Gasteiger partial charge in [0.2, 0.25) is 5.82 Å². The number of anilines is 1. The number of aromatic nitrogens is 4. The Hall–Kier alpha value is -2.48. The Labute approximate surface area is 111 Å². The van der Waals surface area contributed by atoms with Gasteiger partial charge in [-0.05, 0) is 12.1 Å². The lowest BCUT2D eigenvalue weighted by Crippen LogP contribution is -2.06. The van der Waals surface area contributed by atoms with Crippen molar-refractivity contribution in [3.8, 4) is 10.8 Å². The number of rotatable bonds is 2. The van der Waals surface area contributed by atoms with Crippen LogP contribution in [0.2, 0.25) is 0 Å². The smallest absolute Gasteiger partial charge is 0.338 e. The molecule has 7 nitrogen and oxygen atoms in total. The van der Waals surface area contributed by atoms with Crippen LogP contribution in [-0.4, -0.2) is 32.7 Å². The molecule has 0 amide bonds. The molecule has 0 aliphatic carbocycles. The lowest BCUT2D eigenvalue weighted by atomic mass is 10.2. The molecule has 3 heterocycles. The number of methoxy groups -OCH3 is 1. The average Bonchev–Trinajstić information content (AvgIpc) is 3.05. The lowest BCUT2D eigenvalue weighted by Gasteiger charge is -2.01. The summed E-state index contributed by atoms with van der Waals surface area (Å²) in [6, 6.07) is 3.07. The predicted octanol–water partition coefficient (Wildman–Crippen LogP) is 1.22. The number of thiazole rings is 1. The Morgan fingerprint density at radius 3 is 3.00 bits per heavy atom. The van der Waals surface area contributed by atoms with Crippen LogP contribution < -0.4 is 5.73 Å². The Balaban J connectivity index is 2.17.